The molecule has 2 aliphatic rings. The van der Waals surface area contributed by atoms with E-state index in [1.54, 1.807) is 16.5 Å². The maximum absolute atomic E-state index is 14.6. The number of β-amino-alcohol motifs (C(OH)–C–C–N with tert-alkyl or cyclic N) is 1. The Hall–Kier alpha value is -1.65. The van der Waals surface area contributed by atoms with Crippen molar-refractivity contribution in [1.82, 2.24) is 9.88 Å². The summed E-state index contributed by atoms with van der Waals surface area (Å²) in [5, 5.41) is 13.4. The molecule has 1 saturated heterocycles. The van der Waals surface area contributed by atoms with Crippen LogP contribution in [0.25, 0.3) is 0 Å². The molecule has 0 aliphatic carbocycles. The van der Waals surface area contributed by atoms with E-state index < -0.39 is 17.2 Å². The van der Waals surface area contributed by atoms with E-state index in [9.17, 15) is 13.9 Å². The number of thiazole rings is 1. The molecule has 1 aromatic carbocycles. The van der Waals surface area contributed by atoms with Crippen molar-refractivity contribution in [2.45, 2.75) is 5.60 Å². The first-order chi connectivity index (χ1) is 13.6. The first-order valence-corrected chi connectivity index (χ1v) is 10.2. The Kier molecular flexibility index (Phi) is 5.88. The van der Waals surface area contributed by atoms with Gasteiger partial charge in [0.1, 0.15) is 5.01 Å². The number of ether oxygens (including phenoxy) is 2. The number of hydrogen-bond acceptors (Lipinski definition) is 7. The van der Waals surface area contributed by atoms with Crippen LogP contribution in [0, 0.1) is 11.6 Å². The van der Waals surface area contributed by atoms with Crippen molar-refractivity contribution in [3.63, 3.8) is 0 Å². The molecule has 1 N–H and O–H groups in total. The van der Waals surface area contributed by atoms with Crippen molar-refractivity contribution < 1.29 is 23.4 Å². The summed E-state index contributed by atoms with van der Waals surface area (Å²) in [5.41, 5.74) is -1.02. The number of hydrogen-bond donors (Lipinski definition) is 1. The normalized spacial score (nSPS) is 22.6. The van der Waals surface area contributed by atoms with Crippen LogP contribution in [0.5, 0.6) is 0 Å². The van der Waals surface area contributed by atoms with Gasteiger partial charge in [-0.15, -0.1) is 11.3 Å². The lowest BCUT2D eigenvalue weighted by Gasteiger charge is -2.26. The predicted molar refractivity (Wildman–Crippen MR) is 102 cm³/mol. The first-order valence-electron chi connectivity index (χ1n) is 9.33. The van der Waals surface area contributed by atoms with Gasteiger partial charge in [-0.3, -0.25) is 4.90 Å². The zero-order valence-electron chi connectivity index (χ0n) is 15.4. The lowest BCUT2D eigenvalue weighted by Crippen LogP contribution is -2.39. The molecule has 6 nitrogen and oxygen atoms in total. The minimum atomic E-state index is -1.45. The maximum atomic E-state index is 14.6. The van der Waals surface area contributed by atoms with E-state index in [1.807, 2.05) is 0 Å². The third kappa shape index (κ3) is 3.77. The Balaban J connectivity index is 1.41. The molecule has 1 atom stereocenters. The van der Waals surface area contributed by atoms with Gasteiger partial charge in [-0.1, -0.05) is 6.07 Å². The summed E-state index contributed by atoms with van der Waals surface area (Å²) in [6.07, 6.45) is 1.59. The topological polar surface area (TPSA) is 58.1 Å². The maximum Gasteiger partial charge on any atom is 0.182 e. The van der Waals surface area contributed by atoms with Crippen LogP contribution in [-0.2, 0) is 15.1 Å². The second-order valence-electron chi connectivity index (χ2n) is 6.94. The average Bonchev–Trinajstić information content (AvgIpc) is 3.33. The lowest BCUT2D eigenvalue weighted by atomic mass is 9.96. The van der Waals surface area contributed by atoms with Crippen molar-refractivity contribution in [3.05, 3.63) is 45.9 Å². The molecule has 28 heavy (non-hydrogen) atoms. The fourth-order valence-electron chi connectivity index (χ4n) is 3.72. The van der Waals surface area contributed by atoms with E-state index in [4.69, 9.17) is 9.47 Å². The molecule has 3 heterocycles. The zero-order valence-corrected chi connectivity index (χ0v) is 16.3. The third-order valence-corrected chi connectivity index (χ3v) is 6.12. The highest BCUT2D eigenvalue weighted by atomic mass is 32.1. The highest BCUT2D eigenvalue weighted by molar-refractivity contribution is 7.09. The van der Waals surface area contributed by atoms with Crippen LogP contribution < -0.4 is 4.90 Å². The largest absolute Gasteiger partial charge is 0.379 e. The van der Waals surface area contributed by atoms with Gasteiger partial charge < -0.3 is 19.5 Å². The van der Waals surface area contributed by atoms with Gasteiger partial charge in [0.15, 0.2) is 17.2 Å². The van der Waals surface area contributed by atoms with Crippen molar-refractivity contribution >= 4 is 17.0 Å². The average molecular weight is 411 g/mol. The molecule has 2 aliphatic heterocycles. The van der Waals surface area contributed by atoms with Crippen molar-refractivity contribution in [3.8, 4) is 0 Å². The summed E-state index contributed by atoms with van der Waals surface area (Å²) in [4.78, 5) is 8.11. The molecule has 0 amide bonds. The molecule has 0 radical (unpaired) electrons. The minimum Gasteiger partial charge on any atom is -0.379 e. The molecule has 0 bridgehead atoms. The molecule has 4 rings (SSSR count). The van der Waals surface area contributed by atoms with Gasteiger partial charge in [0.2, 0.25) is 0 Å². The van der Waals surface area contributed by atoms with Gasteiger partial charge in [0.25, 0.3) is 0 Å². The Morgan fingerprint density at radius 3 is 2.75 bits per heavy atom. The van der Waals surface area contributed by atoms with Crippen LogP contribution in [0.4, 0.5) is 14.5 Å². The molecule has 1 fully saturated rings. The number of nitrogens with zero attached hydrogens (tertiary/aromatic N) is 3. The fourth-order valence-corrected chi connectivity index (χ4v) is 4.46. The Bertz CT molecular complexity index is 802. The number of morpholine rings is 1. The molecule has 152 valence electrons. The minimum absolute atomic E-state index is 0.0921. The van der Waals surface area contributed by atoms with Gasteiger partial charge >= 0.3 is 0 Å². The van der Waals surface area contributed by atoms with Crippen LogP contribution >= 0.6 is 11.3 Å². The van der Waals surface area contributed by atoms with E-state index in [2.05, 4.69) is 9.88 Å². The van der Waals surface area contributed by atoms with Crippen molar-refractivity contribution in [2.75, 3.05) is 64.1 Å². The van der Waals surface area contributed by atoms with Gasteiger partial charge in [-0.25, -0.2) is 13.8 Å². The number of rotatable bonds is 7. The third-order valence-electron chi connectivity index (χ3n) is 5.20. The SMILES string of the molecule is OC1(c2nccs2)CN(CCOCCN2CCOCC2)c2c1ccc(F)c2F. The van der Waals surface area contributed by atoms with E-state index in [0.29, 0.717) is 30.3 Å². The molecule has 0 saturated carbocycles. The molecular weight excluding hydrogens is 388 g/mol. The van der Waals surface area contributed by atoms with Crippen molar-refractivity contribution in [1.29, 1.82) is 0 Å². The van der Waals surface area contributed by atoms with E-state index >= 15 is 0 Å². The summed E-state index contributed by atoms with van der Waals surface area (Å²) in [7, 11) is 0. The number of fused-ring (bicyclic) bond motifs is 1. The fraction of sp³-hybridized carbons (Fsp3) is 0.526. The number of halogens is 2. The summed E-state index contributed by atoms with van der Waals surface area (Å²) >= 11 is 1.29. The Morgan fingerprint density at radius 1 is 1.21 bits per heavy atom. The lowest BCUT2D eigenvalue weighted by molar-refractivity contribution is 0.0210. The van der Waals surface area contributed by atoms with Gasteiger partial charge in [0.05, 0.1) is 38.7 Å². The van der Waals surface area contributed by atoms with Crippen LogP contribution in [0.2, 0.25) is 0 Å². The predicted octanol–water partition coefficient (Wildman–Crippen LogP) is 1.83. The van der Waals surface area contributed by atoms with Crippen molar-refractivity contribution in [2.24, 2.45) is 0 Å². The molecule has 2 aromatic rings. The van der Waals surface area contributed by atoms with Gasteiger partial charge in [0, 0.05) is 43.3 Å². The Labute approximate surface area is 166 Å². The summed E-state index contributed by atoms with van der Waals surface area (Å²) < 4.78 is 39.4. The number of anilines is 1. The smallest absolute Gasteiger partial charge is 0.182 e. The summed E-state index contributed by atoms with van der Waals surface area (Å²) in [6.45, 7) is 5.47. The first kappa shape index (κ1) is 19.7. The second kappa shape index (κ2) is 8.38. The van der Waals surface area contributed by atoms with Gasteiger partial charge in [-0.2, -0.15) is 0 Å². The van der Waals surface area contributed by atoms with E-state index in [1.165, 1.54) is 17.4 Å². The van der Waals surface area contributed by atoms with Crippen LogP contribution in [0.3, 0.4) is 0 Å². The quantitative estimate of drug-likeness (QED) is 0.702. The zero-order chi connectivity index (χ0) is 19.6. The molecule has 9 heteroatoms. The van der Waals surface area contributed by atoms with Crippen LogP contribution in [0.15, 0.2) is 23.7 Å². The van der Waals surface area contributed by atoms with Gasteiger partial charge in [-0.05, 0) is 6.07 Å². The van der Waals surface area contributed by atoms with Crippen LogP contribution in [-0.4, -0.2) is 74.1 Å². The Morgan fingerprint density at radius 2 is 2.00 bits per heavy atom. The highest BCUT2D eigenvalue weighted by Gasteiger charge is 2.46. The highest BCUT2D eigenvalue weighted by Crippen LogP contribution is 2.45. The second-order valence-corrected chi connectivity index (χ2v) is 7.84. The molecule has 1 unspecified atom stereocenters. The summed E-state index contributed by atoms with van der Waals surface area (Å²) in [6, 6.07) is 2.49. The van der Waals surface area contributed by atoms with Crippen LogP contribution in [0.1, 0.15) is 10.6 Å². The molecular formula is C19H23F2N3O3S. The molecule has 0 spiro atoms. The monoisotopic (exact) mass is 411 g/mol. The van der Waals surface area contributed by atoms with E-state index in [0.717, 1.165) is 38.9 Å². The number of benzene rings is 1. The summed E-state index contributed by atoms with van der Waals surface area (Å²) in [5.74, 6) is -1.88. The number of aliphatic hydroxyl groups is 1. The number of aromatic nitrogens is 1. The molecule has 1 aromatic heterocycles. The standard InChI is InChI=1S/C19H23F2N3O3S/c20-15-2-1-14-17(16(15)21)24(13-19(14,25)18-22-3-12-28-18)7-11-27-10-6-23-4-8-26-9-5-23/h1-3,12,25H,4-11,13H2. The van der Waals surface area contributed by atoms with E-state index in [-0.39, 0.29) is 12.2 Å².